The number of para-hydroxylation sites is 2. The smallest absolute Gasteiger partial charge is 0.264 e. The minimum absolute atomic E-state index is 0.0204. The van der Waals surface area contributed by atoms with Crippen LogP contribution in [0.5, 0.6) is 0 Å². The first-order chi connectivity index (χ1) is 28.0. The molecule has 0 radical (unpaired) electrons. The van der Waals surface area contributed by atoms with E-state index in [1.54, 1.807) is 19.4 Å². The molecule has 0 unspecified atom stereocenters. The number of hydrogen-bond acceptors (Lipinski definition) is 8. The Labute approximate surface area is 338 Å². The molecule has 13 heteroatoms. The summed E-state index contributed by atoms with van der Waals surface area (Å²) in [6.07, 6.45) is 4.33. The van der Waals surface area contributed by atoms with E-state index in [-0.39, 0.29) is 36.4 Å². The quantitative estimate of drug-likeness (QED) is 0.153. The van der Waals surface area contributed by atoms with E-state index in [0.717, 1.165) is 33.8 Å². The number of carbonyl (C=O) groups is 3. The monoisotopic (exact) mass is 796 g/mol. The summed E-state index contributed by atoms with van der Waals surface area (Å²) in [4.78, 5) is 59.8. The minimum Gasteiger partial charge on any atom is -0.432 e. The van der Waals surface area contributed by atoms with Crippen molar-refractivity contribution in [3.05, 3.63) is 125 Å². The van der Waals surface area contributed by atoms with Crippen molar-refractivity contribution in [2.45, 2.75) is 88.9 Å². The normalized spacial score (nSPS) is 22.8. The molecule has 58 heavy (non-hydrogen) atoms. The number of benzene rings is 4. The summed E-state index contributed by atoms with van der Waals surface area (Å²) in [6, 6.07) is 29.5. The Morgan fingerprint density at radius 1 is 0.810 bits per heavy atom. The van der Waals surface area contributed by atoms with Crippen LogP contribution in [0.3, 0.4) is 0 Å². The van der Waals surface area contributed by atoms with Gasteiger partial charge in [0, 0.05) is 67.0 Å². The summed E-state index contributed by atoms with van der Waals surface area (Å²) in [5.74, 6) is -0.642. The molecule has 9 rings (SSSR count). The van der Waals surface area contributed by atoms with Gasteiger partial charge in [0.05, 0.1) is 35.4 Å². The number of amides is 3. The molecule has 5 aromatic rings. The SMILES string of the molecule is C[C@@H]1[C@@H]([Si](C)(C)O)[C@H](CCn2cc(CCO)nn2)O[C@@]12C(=O)N(Cc1cccc(N3C(=O)CCc4ccccc43)c1)c1ccc(N3C(=O)CCc4ccccc43)cc12. The standard InChI is InChI=1S/C45H48N6O6Si/c1-29-43(58(2,3)56)40(21-23-48-28-33(22-24-52)46-47-48)57-45(29)36-26-35(51-38-14-7-5-11-32(38)16-20-42(51)54)17-18-39(36)49(44(45)55)27-30-9-8-12-34(25-30)50-37-13-6-4-10-31(37)15-19-41(50)53/h4-14,17-18,25-26,28-29,40,43,52,56H,15-16,19-24,27H2,1-3H3/t29-,40+,43-,45+/m1/s1. The minimum atomic E-state index is -2.98. The van der Waals surface area contributed by atoms with Crippen molar-refractivity contribution in [1.29, 1.82) is 0 Å². The first-order valence-electron chi connectivity index (χ1n) is 20.2. The maximum atomic E-state index is 15.5. The van der Waals surface area contributed by atoms with E-state index in [9.17, 15) is 19.5 Å². The molecule has 1 fully saturated rings. The second kappa shape index (κ2) is 14.7. The molecule has 4 aliphatic rings. The Hall–Kier alpha value is -5.47. The summed E-state index contributed by atoms with van der Waals surface area (Å²) in [5.41, 5.74) is 6.41. The molecule has 0 bridgehead atoms. The molecule has 3 amide bonds. The predicted molar refractivity (Wildman–Crippen MR) is 222 cm³/mol. The highest BCUT2D eigenvalue weighted by Crippen LogP contribution is 2.60. The summed E-state index contributed by atoms with van der Waals surface area (Å²) < 4.78 is 8.90. The van der Waals surface area contributed by atoms with Gasteiger partial charge < -0.3 is 19.5 Å². The van der Waals surface area contributed by atoms with Crippen LogP contribution in [-0.2, 0) is 57.1 Å². The second-order valence-electron chi connectivity index (χ2n) is 16.6. The Bertz CT molecular complexity index is 2430. The summed E-state index contributed by atoms with van der Waals surface area (Å²) in [7, 11) is -2.98. The van der Waals surface area contributed by atoms with E-state index in [0.29, 0.717) is 67.7 Å². The van der Waals surface area contributed by atoms with E-state index in [2.05, 4.69) is 16.4 Å². The van der Waals surface area contributed by atoms with Crippen LogP contribution in [0.25, 0.3) is 0 Å². The molecule has 4 aliphatic heterocycles. The van der Waals surface area contributed by atoms with Gasteiger partial charge in [-0.15, -0.1) is 5.10 Å². The molecule has 0 saturated carbocycles. The lowest BCUT2D eigenvalue weighted by Gasteiger charge is -2.33. The van der Waals surface area contributed by atoms with Gasteiger partial charge in [0.25, 0.3) is 5.91 Å². The number of rotatable bonds is 10. The summed E-state index contributed by atoms with van der Waals surface area (Å²) >= 11 is 0. The number of fused-ring (bicyclic) bond motifs is 4. The topological polar surface area (TPSA) is 141 Å². The van der Waals surface area contributed by atoms with Gasteiger partial charge in [-0.25, -0.2) is 0 Å². The van der Waals surface area contributed by atoms with Crippen LogP contribution in [0.2, 0.25) is 18.6 Å². The number of aromatic nitrogens is 3. The fourth-order valence-corrected chi connectivity index (χ4v) is 12.6. The van der Waals surface area contributed by atoms with E-state index in [4.69, 9.17) is 4.74 Å². The third-order valence-electron chi connectivity index (χ3n) is 12.5. The van der Waals surface area contributed by atoms with Crippen LogP contribution < -0.4 is 14.7 Å². The second-order valence-corrected chi connectivity index (χ2v) is 20.5. The number of carbonyl (C=O) groups excluding carboxylic acids is 3. The Kier molecular flexibility index (Phi) is 9.66. The van der Waals surface area contributed by atoms with Crippen molar-refractivity contribution in [3.8, 4) is 0 Å². The Morgan fingerprint density at radius 2 is 1.47 bits per heavy atom. The average Bonchev–Trinajstić information content (AvgIpc) is 3.86. The number of ether oxygens (including phenoxy) is 1. The summed E-state index contributed by atoms with van der Waals surface area (Å²) in [6.45, 7) is 6.46. The first kappa shape index (κ1) is 38.1. The van der Waals surface area contributed by atoms with Crippen LogP contribution in [0.4, 0.5) is 28.4 Å². The summed E-state index contributed by atoms with van der Waals surface area (Å²) in [5, 5.41) is 17.9. The lowest BCUT2D eigenvalue weighted by Crippen LogP contribution is -2.46. The predicted octanol–water partition coefficient (Wildman–Crippen LogP) is 6.47. The van der Waals surface area contributed by atoms with Crippen LogP contribution >= 0.6 is 0 Å². The number of hydrogen-bond donors (Lipinski definition) is 2. The van der Waals surface area contributed by atoms with Crippen molar-refractivity contribution >= 4 is 54.5 Å². The van der Waals surface area contributed by atoms with Gasteiger partial charge in [-0.3, -0.25) is 28.9 Å². The molecule has 12 nitrogen and oxygen atoms in total. The van der Waals surface area contributed by atoms with Crippen molar-refractivity contribution in [2.75, 3.05) is 21.3 Å². The van der Waals surface area contributed by atoms with Gasteiger partial charge >= 0.3 is 0 Å². The maximum absolute atomic E-state index is 15.5. The molecular formula is C45H48N6O6Si. The number of nitrogens with zero attached hydrogens (tertiary/aromatic N) is 6. The molecule has 1 aromatic heterocycles. The van der Waals surface area contributed by atoms with Crippen molar-refractivity contribution in [2.24, 2.45) is 5.92 Å². The van der Waals surface area contributed by atoms with Gasteiger partial charge in [0.15, 0.2) is 13.9 Å². The number of aryl methyl sites for hydroxylation is 3. The fourth-order valence-electron chi connectivity index (χ4n) is 9.97. The highest BCUT2D eigenvalue weighted by molar-refractivity contribution is 6.71. The lowest BCUT2D eigenvalue weighted by atomic mass is 9.82. The van der Waals surface area contributed by atoms with Gasteiger partial charge in [-0.1, -0.05) is 60.7 Å². The van der Waals surface area contributed by atoms with E-state index < -0.39 is 25.9 Å². The van der Waals surface area contributed by atoms with Crippen LogP contribution in [0.15, 0.2) is 97.2 Å². The van der Waals surface area contributed by atoms with Gasteiger partial charge in [0.2, 0.25) is 11.8 Å². The number of aliphatic hydroxyl groups excluding tert-OH is 1. The largest absolute Gasteiger partial charge is 0.432 e. The highest BCUT2D eigenvalue weighted by atomic mass is 28.4. The maximum Gasteiger partial charge on any atom is 0.264 e. The van der Waals surface area contributed by atoms with Crippen LogP contribution in [0, 0.1) is 5.92 Å². The molecule has 2 N–H and O–H groups in total. The molecule has 5 heterocycles. The Morgan fingerprint density at radius 3 is 2.12 bits per heavy atom. The molecule has 4 atom stereocenters. The van der Waals surface area contributed by atoms with Gasteiger partial charge in [-0.05, 0) is 91.5 Å². The molecule has 4 aromatic carbocycles. The molecular weight excluding hydrogens is 749 g/mol. The van der Waals surface area contributed by atoms with Crippen LogP contribution in [0.1, 0.15) is 54.1 Å². The zero-order chi connectivity index (χ0) is 40.3. The molecule has 0 aliphatic carbocycles. The molecule has 298 valence electrons. The van der Waals surface area contributed by atoms with Gasteiger partial charge in [-0.2, -0.15) is 0 Å². The number of anilines is 5. The zero-order valence-electron chi connectivity index (χ0n) is 33.0. The zero-order valence-corrected chi connectivity index (χ0v) is 34.0. The lowest BCUT2D eigenvalue weighted by molar-refractivity contribution is -0.146. The van der Waals surface area contributed by atoms with Gasteiger partial charge in [0.1, 0.15) is 0 Å². The number of aliphatic hydroxyl groups is 1. The third kappa shape index (κ3) is 6.37. The first-order valence-corrected chi connectivity index (χ1v) is 23.3. The molecule has 1 saturated heterocycles. The van der Waals surface area contributed by atoms with E-state index in [1.807, 2.05) is 111 Å². The fraction of sp³-hybridized carbons (Fsp3) is 0.356. The Balaban J connectivity index is 1.12. The van der Waals surface area contributed by atoms with Crippen molar-refractivity contribution in [1.82, 2.24) is 15.0 Å². The van der Waals surface area contributed by atoms with E-state index in [1.165, 1.54) is 0 Å². The van der Waals surface area contributed by atoms with Crippen molar-refractivity contribution in [3.63, 3.8) is 0 Å². The van der Waals surface area contributed by atoms with Crippen molar-refractivity contribution < 1.29 is 29.0 Å². The van der Waals surface area contributed by atoms with E-state index >= 15 is 4.79 Å². The third-order valence-corrected chi connectivity index (χ3v) is 15.0. The van der Waals surface area contributed by atoms with Crippen LogP contribution in [-0.4, -0.2) is 63.6 Å². The highest BCUT2D eigenvalue weighted by Gasteiger charge is 2.66. The molecule has 1 spiro atoms. The average molecular weight is 797 g/mol.